The zero-order valence-electron chi connectivity index (χ0n) is 23.7. The lowest BCUT2D eigenvalue weighted by molar-refractivity contribution is 0.992. The molecule has 9 rings (SSSR count). The van der Waals surface area contributed by atoms with Gasteiger partial charge < -0.3 is 0 Å². The summed E-state index contributed by atoms with van der Waals surface area (Å²) in [5.41, 5.74) is 9.02. The number of benzene rings is 6. The summed E-state index contributed by atoms with van der Waals surface area (Å²) in [6, 6.07) is 51.7. The van der Waals surface area contributed by atoms with E-state index in [1.54, 1.807) is 0 Å². The van der Waals surface area contributed by atoms with Crippen LogP contribution < -0.4 is 0 Å². The Morgan fingerprint density at radius 1 is 0.477 bits per heavy atom. The van der Waals surface area contributed by atoms with E-state index >= 15 is 0 Å². The highest BCUT2D eigenvalue weighted by atomic mass is 32.1. The van der Waals surface area contributed by atoms with Gasteiger partial charge in [-0.05, 0) is 52.6 Å². The number of thiophene rings is 1. The largest absolute Gasteiger partial charge is 0.278 e. The predicted molar refractivity (Wildman–Crippen MR) is 186 cm³/mol. The minimum absolute atomic E-state index is 0.667. The van der Waals surface area contributed by atoms with Crippen LogP contribution >= 0.6 is 11.3 Å². The van der Waals surface area contributed by atoms with E-state index in [0.29, 0.717) is 5.95 Å². The first-order valence-electron chi connectivity index (χ1n) is 14.7. The second-order valence-electron chi connectivity index (χ2n) is 11.1. The molecule has 0 radical (unpaired) electrons. The van der Waals surface area contributed by atoms with E-state index < -0.39 is 0 Å². The highest BCUT2D eigenvalue weighted by Crippen LogP contribution is 2.41. The van der Waals surface area contributed by atoms with Crippen molar-refractivity contribution in [1.82, 2.24) is 14.5 Å². The maximum absolute atomic E-state index is 5.09. The Balaban J connectivity index is 1.18. The van der Waals surface area contributed by atoms with Crippen molar-refractivity contribution in [3.63, 3.8) is 0 Å². The quantitative estimate of drug-likeness (QED) is 0.208. The number of rotatable bonds is 4. The Morgan fingerprint density at radius 3 is 2.05 bits per heavy atom. The van der Waals surface area contributed by atoms with Crippen LogP contribution in [0.5, 0.6) is 0 Å². The van der Waals surface area contributed by atoms with E-state index in [1.165, 1.54) is 53.2 Å². The third-order valence-corrected chi connectivity index (χ3v) is 9.74. The average Bonchev–Trinajstić information content (AvgIpc) is 3.64. The summed E-state index contributed by atoms with van der Waals surface area (Å²) in [6.07, 6.45) is 1.86. The van der Waals surface area contributed by atoms with Crippen molar-refractivity contribution >= 4 is 53.3 Å². The van der Waals surface area contributed by atoms with Gasteiger partial charge in [0, 0.05) is 42.7 Å². The minimum Gasteiger partial charge on any atom is -0.278 e. The first-order chi connectivity index (χ1) is 21.8. The molecule has 6 aromatic carbocycles. The predicted octanol–water partition coefficient (Wildman–Crippen LogP) is 10.9. The van der Waals surface area contributed by atoms with Crippen LogP contribution in [0.4, 0.5) is 0 Å². The Bertz CT molecular complexity index is 2490. The summed E-state index contributed by atoms with van der Waals surface area (Å²) >= 11 is 1.87. The van der Waals surface area contributed by atoms with Crippen LogP contribution in [-0.2, 0) is 0 Å². The minimum atomic E-state index is 0.667. The van der Waals surface area contributed by atoms with Gasteiger partial charge in [0.1, 0.15) is 0 Å². The molecule has 44 heavy (non-hydrogen) atoms. The second kappa shape index (κ2) is 10.0. The summed E-state index contributed by atoms with van der Waals surface area (Å²) in [7, 11) is 0. The van der Waals surface area contributed by atoms with Crippen LogP contribution in [-0.4, -0.2) is 14.5 Å². The van der Waals surface area contributed by atoms with Gasteiger partial charge in [-0.3, -0.25) is 4.57 Å². The number of fused-ring (bicyclic) bond motifs is 6. The molecule has 0 saturated carbocycles. The molecule has 0 atom stereocenters. The number of para-hydroxylation sites is 1. The van der Waals surface area contributed by atoms with Gasteiger partial charge in [0.15, 0.2) is 0 Å². The van der Waals surface area contributed by atoms with E-state index in [2.05, 4.69) is 138 Å². The van der Waals surface area contributed by atoms with E-state index in [4.69, 9.17) is 9.97 Å². The van der Waals surface area contributed by atoms with Gasteiger partial charge in [-0.15, -0.1) is 11.3 Å². The van der Waals surface area contributed by atoms with Crippen molar-refractivity contribution in [3.05, 3.63) is 152 Å². The summed E-state index contributed by atoms with van der Waals surface area (Å²) in [5.74, 6) is 0.667. The van der Waals surface area contributed by atoms with E-state index in [-0.39, 0.29) is 0 Å². The monoisotopic (exact) mass is 579 g/mol. The Hall–Kier alpha value is -5.58. The molecule has 3 nitrogen and oxygen atoms in total. The van der Waals surface area contributed by atoms with Crippen molar-refractivity contribution in [2.45, 2.75) is 0 Å². The maximum atomic E-state index is 5.09. The summed E-state index contributed by atoms with van der Waals surface area (Å²) < 4.78 is 4.83. The van der Waals surface area contributed by atoms with Gasteiger partial charge in [0.05, 0.1) is 16.7 Å². The molecular weight excluding hydrogens is 555 g/mol. The summed E-state index contributed by atoms with van der Waals surface area (Å²) in [4.78, 5) is 9.86. The van der Waals surface area contributed by atoms with Crippen molar-refractivity contribution in [2.75, 3.05) is 0 Å². The lowest BCUT2D eigenvalue weighted by Crippen LogP contribution is -2.01. The van der Waals surface area contributed by atoms with Crippen molar-refractivity contribution in [1.29, 1.82) is 0 Å². The van der Waals surface area contributed by atoms with Gasteiger partial charge in [0.25, 0.3) is 0 Å². The second-order valence-corrected chi connectivity index (χ2v) is 12.1. The Labute approximate surface area is 258 Å². The summed E-state index contributed by atoms with van der Waals surface area (Å²) in [5, 5.41) is 5.01. The number of nitrogens with zero attached hydrogens (tertiary/aromatic N) is 3. The fraction of sp³-hybridized carbons (Fsp3) is 0. The molecule has 0 saturated heterocycles. The molecular formula is C40H25N3S. The van der Waals surface area contributed by atoms with E-state index in [1.807, 2.05) is 29.7 Å². The SMILES string of the molecule is c1ccc(-c2ccc(-c3ccnc(-n4c5ccccc5c5cc(-c6cccc7c6sc6ccccc67)ccc54)n3)cc2)cc1. The van der Waals surface area contributed by atoms with Crippen molar-refractivity contribution < 1.29 is 0 Å². The smallest absolute Gasteiger partial charge is 0.235 e. The molecule has 0 fully saturated rings. The van der Waals surface area contributed by atoms with Crippen LogP contribution in [0, 0.1) is 0 Å². The Kier molecular flexibility index (Phi) is 5.68. The fourth-order valence-corrected chi connectivity index (χ4v) is 7.65. The molecule has 0 spiro atoms. The molecule has 4 heteroatoms. The maximum Gasteiger partial charge on any atom is 0.235 e. The lowest BCUT2D eigenvalue weighted by atomic mass is 10.0. The zero-order chi connectivity index (χ0) is 29.0. The molecule has 9 aromatic rings. The first kappa shape index (κ1) is 25.0. The van der Waals surface area contributed by atoms with Gasteiger partial charge in [0.2, 0.25) is 5.95 Å². The molecule has 0 aliphatic heterocycles. The van der Waals surface area contributed by atoms with Crippen LogP contribution in [0.2, 0.25) is 0 Å². The van der Waals surface area contributed by atoms with E-state index in [9.17, 15) is 0 Å². The number of aromatic nitrogens is 3. The molecule has 0 aliphatic rings. The van der Waals surface area contributed by atoms with Gasteiger partial charge in [-0.25, -0.2) is 9.97 Å². The molecule has 0 aliphatic carbocycles. The molecule has 3 aromatic heterocycles. The van der Waals surface area contributed by atoms with Crippen LogP contribution in [0.1, 0.15) is 0 Å². The molecule has 206 valence electrons. The third-order valence-electron chi connectivity index (χ3n) is 8.52. The van der Waals surface area contributed by atoms with Crippen LogP contribution in [0.25, 0.3) is 81.4 Å². The number of hydrogen-bond acceptors (Lipinski definition) is 3. The van der Waals surface area contributed by atoms with Crippen LogP contribution in [0.3, 0.4) is 0 Å². The van der Waals surface area contributed by atoms with Crippen molar-refractivity contribution in [2.24, 2.45) is 0 Å². The topological polar surface area (TPSA) is 30.7 Å². The lowest BCUT2D eigenvalue weighted by Gasteiger charge is -2.09. The highest BCUT2D eigenvalue weighted by Gasteiger charge is 2.17. The highest BCUT2D eigenvalue weighted by molar-refractivity contribution is 7.26. The zero-order valence-corrected chi connectivity index (χ0v) is 24.5. The van der Waals surface area contributed by atoms with Gasteiger partial charge in [-0.2, -0.15) is 0 Å². The molecule has 3 heterocycles. The third kappa shape index (κ3) is 3.96. The van der Waals surface area contributed by atoms with Gasteiger partial charge >= 0.3 is 0 Å². The molecule has 0 unspecified atom stereocenters. The molecule has 0 amide bonds. The average molecular weight is 580 g/mol. The van der Waals surface area contributed by atoms with Gasteiger partial charge in [-0.1, -0.05) is 115 Å². The fourth-order valence-electron chi connectivity index (χ4n) is 6.41. The first-order valence-corrected chi connectivity index (χ1v) is 15.6. The van der Waals surface area contributed by atoms with E-state index in [0.717, 1.165) is 22.3 Å². The van der Waals surface area contributed by atoms with Crippen molar-refractivity contribution in [3.8, 4) is 39.5 Å². The standard InChI is InChI=1S/C40H25N3S/c1-2-9-26(10-3-1)27-17-19-28(20-18-27)35-23-24-41-40(42-35)43-36-15-6-4-11-31(36)34-25-29(21-22-37(34)43)30-13-8-14-33-32-12-5-7-16-38(32)44-39(30)33/h1-25H. The molecule has 0 N–H and O–H groups in total. The van der Waals surface area contributed by atoms with Crippen LogP contribution in [0.15, 0.2) is 152 Å². The summed E-state index contributed by atoms with van der Waals surface area (Å²) in [6.45, 7) is 0. The number of hydrogen-bond donors (Lipinski definition) is 0. The normalized spacial score (nSPS) is 11.6. The Morgan fingerprint density at radius 2 is 1.16 bits per heavy atom. The molecule has 0 bridgehead atoms.